The molecule has 2 heterocycles. The highest BCUT2D eigenvalue weighted by atomic mass is 16.5. The summed E-state index contributed by atoms with van der Waals surface area (Å²) in [7, 11) is 0. The number of rotatable bonds is 7. The van der Waals surface area contributed by atoms with Gasteiger partial charge in [-0.15, -0.1) is 0 Å². The van der Waals surface area contributed by atoms with Crippen LogP contribution in [0, 0.1) is 6.92 Å². The van der Waals surface area contributed by atoms with Gasteiger partial charge >= 0.3 is 0 Å². The van der Waals surface area contributed by atoms with Crippen LogP contribution in [0.4, 0.5) is 0 Å². The van der Waals surface area contributed by atoms with Crippen LogP contribution >= 0.6 is 0 Å². The standard InChI is InChI=1S/C19H26N4O2/c1-15-17(12-21-22-15)8-5-9-20-19(24)18-14-23(10-11-25-18)13-16-6-3-2-4-7-16/h2-4,6-7,12,18H,5,8-11,13-14H2,1H3,(H,20,24)(H,21,22)/t18-/m1/s1. The topological polar surface area (TPSA) is 70.2 Å². The highest BCUT2D eigenvalue weighted by Gasteiger charge is 2.26. The Bertz CT molecular complexity index is 671. The average Bonchev–Trinajstić information content (AvgIpc) is 3.04. The lowest BCUT2D eigenvalue weighted by Gasteiger charge is -2.32. The largest absolute Gasteiger partial charge is 0.366 e. The van der Waals surface area contributed by atoms with Gasteiger partial charge in [-0.2, -0.15) is 5.10 Å². The minimum absolute atomic E-state index is 0.0123. The Hall–Kier alpha value is -2.18. The molecular formula is C19H26N4O2. The van der Waals surface area contributed by atoms with Crippen molar-refractivity contribution >= 4 is 5.91 Å². The van der Waals surface area contributed by atoms with E-state index in [-0.39, 0.29) is 12.0 Å². The van der Waals surface area contributed by atoms with Crippen molar-refractivity contribution in [3.8, 4) is 0 Å². The third-order valence-corrected chi connectivity index (χ3v) is 4.55. The summed E-state index contributed by atoms with van der Waals surface area (Å²) in [5.74, 6) is -0.0123. The molecule has 2 aromatic rings. The number of hydrogen-bond donors (Lipinski definition) is 2. The van der Waals surface area contributed by atoms with Crippen molar-refractivity contribution < 1.29 is 9.53 Å². The fourth-order valence-corrected chi connectivity index (χ4v) is 3.08. The van der Waals surface area contributed by atoms with Gasteiger partial charge < -0.3 is 10.1 Å². The second-order valence-corrected chi connectivity index (χ2v) is 6.49. The number of amides is 1. The summed E-state index contributed by atoms with van der Waals surface area (Å²) in [6, 6.07) is 10.3. The SMILES string of the molecule is Cc1[nH]ncc1CCCNC(=O)[C@H]1CN(Cc2ccccc2)CCO1. The summed E-state index contributed by atoms with van der Waals surface area (Å²) in [6.07, 6.45) is 3.28. The lowest BCUT2D eigenvalue weighted by Crippen LogP contribution is -2.49. The second-order valence-electron chi connectivity index (χ2n) is 6.49. The van der Waals surface area contributed by atoms with E-state index in [1.807, 2.05) is 31.3 Å². The quantitative estimate of drug-likeness (QED) is 0.751. The van der Waals surface area contributed by atoms with Crippen molar-refractivity contribution in [3.05, 3.63) is 53.3 Å². The average molecular weight is 342 g/mol. The number of carbonyl (C=O) groups excluding carboxylic acids is 1. The molecule has 1 aliphatic rings. The van der Waals surface area contributed by atoms with Gasteiger partial charge in [0, 0.05) is 31.9 Å². The Labute approximate surface area is 148 Å². The Morgan fingerprint density at radius 3 is 3.00 bits per heavy atom. The molecule has 0 radical (unpaired) electrons. The molecule has 2 N–H and O–H groups in total. The van der Waals surface area contributed by atoms with Gasteiger partial charge in [0.2, 0.25) is 5.91 Å². The van der Waals surface area contributed by atoms with Crippen molar-refractivity contribution in [1.29, 1.82) is 0 Å². The normalized spacial score (nSPS) is 18.2. The lowest BCUT2D eigenvalue weighted by molar-refractivity contribution is -0.138. The second kappa shape index (κ2) is 8.78. The number of hydrogen-bond acceptors (Lipinski definition) is 4. The number of aromatic nitrogens is 2. The number of carbonyl (C=O) groups is 1. The number of benzene rings is 1. The molecule has 1 fully saturated rings. The van der Waals surface area contributed by atoms with Gasteiger partial charge in [-0.1, -0.05) is 30.3 Å². The molecule has 1 saturated heterocycles. The fraction of sp³-hybridized carbons (Fsp3) is 0.474. The van der Waals surface area contributed by atoms with Crippen molar-refractivity contribution in [3.63, 3.8) is 0 Å². The van der Waals surface area contributed by atoms with Crippen molar-refractivity contribution in [1.82, 2.24) is 20.4 Å². The van der Waals surface area contributed by atoms with E-state index in [0.717, 1.165) is 31.6 Å². The van der Waals surface area contributed by atoms with Crippen LogP contribution in [0.15, 0.2) is 36.5 Å². The molecule has 1 aromatic carbocycles. The number of ether oxygens (including phenoxy) is 1. The zero-order chi connectivity index (χ0) is 17.5. The maximum absolute atomic E-state index is 12.3. The third-order valence-electron chi connectivity index (χ3n) is 4.55. The highest BCUT2D eigenvalue weighted by molar-refractivity contribution is 5.81. The van der Waals surface area contributed by atoms with Crippen LogP contribution in [0.3, 0.4) is 0 Å². The molecule has 0 spiro atoms. The van der Waals surface area contributed by atoms with Crippen molar-refractivity contribution in [2.45, 2.75) is 32.4 Å². The molecule has 1 amide bonds. The predicted octanol–water partition coefficient (Wildman–Crippen LogP) is 1.67. The third kappa shape index (κ3) is 5.14. The maximum Gasteiger partial charge on any atom is 0.250 e. The smallest absolute Gasteiger partial charge is 0.250 e. The highest BCUT2D eigenvalue weighted by Crippen LogP contribution is 2.11. The summed E-state index contributed by atoms with van der Waals surface area (Å²) in [6.45, 7) is 5.62. The Morgan fingerprint density at radius 2 is 2.24 bits per heavy atom. The number of aryl methyl sites for hydroxylation is 2. The number of nitrogens with zero attached hydrogens (tertiary/aromatic N) is 2. The summed E-state index contributed by atoms with van der Waals surface area (Å²) in [5.41, 5.74) is 3.56. The number of morpholine rings is 1. The molecule has 1 aromatic heterocycles. The van der Waals surface area contributed by atoms with Crippen LogP contribution in [-0.2, 0) is 22.5 Å². The molecule has 0 unspecified atom stereocenters. The van der Waals surface area contributed by atoms with Gasteiger partial charge in [0.1, 0.15) is 6.10 Å². The van der Waals surface area contributed by atoms with E-state index in [4.69, 9.17) is 4.74 Å². The number of aromatic amines is 1. The Morgan fingerprint density at radius 1 is 1.40 bits per heavy atom. The molecule has 6 heteroatoms. The minimum atomic E-state index is -0.381. The van der Waals surface area contributed by atoms with Gasteiger partial charge in [-0.25, -0.2) is 0 Å². The van der Waals surface area contributed by atoms with Crippen LogP contribution in [-0.4, -0.2) is 53.3 Å². The van der Waals surface area contributed by atoms with Gasteiger partial charge in [0.25, 0.3) is 0 Å². The zero-order valence-corrected chi connectivity index (χ0v) is 14.7. The first-order valence-corrected chi connectivity index (χ1v) is 8.87. The van der Waals surface area contributed by atoms with Crippen LogP contribution in [0.2, 0.25) is 0 Å². The van der Waals surface area contributed by atoms with Gasteiger partial charge in [0.15, 0.2) is 0 Å². The number of nitrogens with one attached hydrogen (secondary N) is 2. The molecule has 25 heavy (non-hydrogen) atoms. The predicted molar refractivity (Wildman–Crippen MR) is 96.1 cm³/mol. The molecule has 3 rings (SSSR count). The lowest BCUT2D eigenvalue weighted by atomic mass is 10.1. The van der Waals surface area contributed by atoms with E-state index >= 15 is 0 Å². The van der Waals surface area contributed by atoms with E-state index < -0.39 is 0 Å². The number of H-pyrrole nitrogens is 1. The van der Waals surface area contributed by atoms with Gasteiger partial charge in [0.05, 0.1) is 12.8 Å². The molecule has 0 bridgehead atoms. The zero-order valence-electron chi connectivity index (χ0n) is 14.7. The Balaban J connectivity index is 1.40. The fourth-order valence-electron chi connectivity index (χ4n) is 3.08. The van der Waals surface area contributed by atoms with Crippen LogP contribution < -0.4 is 5.32 Å². The van der Waals surface area contributed by atoms with Crippen molar-refractivity contribution in [2.24, 2.45) is 0 Å². The monoisotopic (exact) mass is 342 g/mol. The first-order chi connectivity index (χ1) is 12.2. The van der Waals surface area contributed by atoms with E-state index in [0.29, 0.717) is 19.7 Å². The van der Waals surface area contributed by atoms with Crippen LogP contribution in [0.1, 0.15) is 23.2 Å². The van der Waals surface area contributed by atoms with Crippen molar-refractivity contribution in [2.75, 3.05) is 26.2 Å². The molecule has 0 saturated carbocycles. The van der Waals surface area contributed by atoms with E-state index in [9.17, 15) is 4.79 Å². The first-order valence-electron chi connectivity index (χ1n) is 8.87. The molecule has 134 valence electrons. The molecule has 6 nitrogen and oxygen atoms in total. The minimum Gasteiger partial charge on any atom is -0.366 e. The van der Waals surface area contributed by atoms with Gasteiger partial charge in [-0.05, 0) is 30.9 Å². The summed E-state index contributed by atoms with van der Waals surface area (Å²) >= 11 is 0. The van der Waals surface area contributed by atoms with Crippen LogP contribution in [0.25, 0.3) is 0 Å². The summed E-state index contributed by atoms with van der Waals surface area (Å²) in [5, 5.41) is 9.94. The maximum atomic E-state index is 12.3. The molecular weight excluding hydrogens is 316 g/mol. The van der Waals surface area contributed by atoms with E-state index in [1.165, 1.54) is 11.1 Å². The first kappa shape index (κ1) is 17.6. The summed E-state index contributed by atoms with van der Waals surface area (Å²) < 4.78 is 5.66. The van der Waals surface area contributed by atoms with E-state index in [1.54, 1.807) is 0 Å². The molecule has 1 aliphatic heterocycles. The Kier molecular flexibility index (Phi) is 6.19. The molecule has 1 atom stereocenters. The molecule has 0 aliphatic carbocycles. The van der Waals surface area contributed by atoms with E-state index in [2.05, 4.69) is 32.5 Å². The summed E-state index contributed by atoms with van der Waals surface area (Å²) in [4.78, 5) is 14.6. The van der Waals surface area contributed by atoms with Crippen LogP contribution in [0.5, 0.6) is 0 Å². The van der Waals surface area contributed by atoms with Gasteiger partial charge in [-0.3, -0.25) is 14.8 Å².